The summed E-state index contributed by atoms with van der Waals surface area (Å²) in [7, 11) is 0. The molecule has 0 spiro atoms. The van der Waals surface area contributed by atoms with Crippen molar-refractivity contribution in [2.24, 2.45) is 0 Å². The number of nitrogens with one attached hydrogen (secondary N) is 1. The predicted octanol–water partition coefficient (Wildman–Crippen LogP) is 1.94. The molecule has 0 unspecified atom stereocenters. The Labute approximate surface area is 105 Å². The van der Waals surface area contributed by atoms with Gasteiger partial charge in [0, 0.05) is 15.8 Å². The van der Waals surface area contributed by atoms with Crippen LogP contribution in [0, 0.1) is 0 Å². The van der Waals surface area contributed by atoms with E-state index in [0.717, 1.165) is 4.47 Å². The van der Waals surface area contributed by atoms with Crippen molar-refractivity contribution in [3.05, 3.63) is 28.2 Å². The van der Waals surface area contributed by atoms with E-state index in [4.69, 9.17) is 5.11 Å². The van der Waals surface area contributed by atoms with E-state index in [9.17, 15) is 9.90 Å². The molecule has 0 radical (unpaired) electrons. The Bertz CT molecular complexity index is 427. The highest BCUT2D eigenvalue weighted by Gasteiger charge is 2.31. The number of carboxylic acids is 1. The molecule has 2 atom stereocenters. The molecule has 1 aliphatic heterocycles. The van der Waals surface area contributed by atoms with Gasteiger partial charge in [-0.15, -0.1) is 11.8 Å². The summed E-state index contributed by atoms with van der Waals surface area (Å²) in [5.41, 5.74) is 0.711. The SMILES string of the molecule is O=C(O)[C@H]1CS[C@@H](c2cc(Br)ccc2O)N1. The Balaban J connectivity index is 2.20. The number of carbonyl (C=O) groups is 1. The summed E-state index contributed by atoms with van der Waals surface area (Å²) in [5.74, 6) is -0.171. The summed E-state index contributed by atoms with van der Waals surface area (Å²) in [6.07, 6.45) is 0. The summed E-state index contributed by atoms with van der Waals surface area (Å²) in [6, 6.07) is 4.58. The van der Waals surface area contributed by atoms with Crippen LogP contribution in [0.5, 0.6) is 5.75 Å². The number of halogens is 1. The second kappa shape index (κ2) is 4.65. The van der Waals surface area contributed by atoms with Gasteiger partial charge in [-0.1, -0.05) is 15.9 Å². The van der Waals surface area contributed by atoms with Crippen LogP contribution in [0.4, 0.5) is 0 Å². The average molecular weight is 304 g/mol. The molecule has 2 rings (SSSR count). The average Bonchev–Trinajstić information content (AvgIpc) is 2.70. The summed E-state index contributed by atoms with van der Waals surface area (Å²) < 4.78 is 0.862. The third-order valence-electron chi connectivity index (χ3n) is 2.35. The van der Waals surface area contributed by atoms with Gasteiger partial charge in [-0.25, -0.2) is 0 Å². The first kappa shape index (κ1) is 11.8. The molecular formula is C10H10BrNO3S. The van der Waals surface area contributed by atoms with Gasteiger partial charge in [-0.05, 0) is 18.2 Å². The van der Waals surface area contributed by atoms with Crippen molar-refractivity contribution >= 4 is 33.7 Å². The molecule has 0 amide bonds. The van der Waals surface area contributed by atoms with E-state index in [2.05, 4.69) is 21.2 Å². The van der Waals surface area contributed by atoms with Crippen molar-refractivity contribution in [3.63, 3.8) is 0 Å². The number of benzene rings is 1. The lowest BCUT2D eigenvalue weighted by molar-refractivity contribution is -0.138. The van der Waals surface area contributed by atoms with Crippen molar-refractivity contribution in [3.8, 4) is 5.75 Å². The number of aliphatic carboxylic acids is 1. The van der Waals surface area contributed by atoms with E-state index >= 15 is 0 Å². The van der Waals surface area contributed by atoms with Gasteiger partial charge in [0.1, 0.15) is 11.8 Å². The Hall–Kier alpha value is -0.720. The maximum Gasteiger partial charge on any atom is 0.321 e. The summed E-state index contributed by atoms with van der Waals surface area (Å²) >= 11 is 4.80. The number of rotatable bonds is 2. The largest absolute Gasteiger partial charge is 0.508 e. The smallest absolute Gasteiger partial charge is 0.321 e. The zero-order chi connectivity index (χ0) is 11.7. The number of hydrogen-bond acceptors (Lipinski definition) is 4. The lowest BCUT2D eigenvalue weighted by Crippen LogP contribution is -2.33. The molecular weight excluding hydrogens is 294 g/mol. The van der Waals surface area contributed by atoms with Gasteiger partial charge in [-0.2, -0.15) is 0 Å². The topological polar surface area (TPSA) is 69.6 Å². The van der Waals surface area contributed by atoms with E-state index < -0.39 is 12.0 Å². The van der Waals surface area contributed by atoms with Crippen LogP contribution < -0.4 is 5.32 Å². The van der Waals surface area contributed by atoms with Crippen LogP contribution in [0.3, 0.4) is 0 Å². The molecule has 16 heavy (non-hydrogen) atoms. The van der Waals surface area contributed by atoms with Crippen LogP contribution >= 0.6 is 27.7 Å². The number of phenols is 1. The fourth-order valence-corrected chi connectivity index (χ4v) is 3.16. The molecule has 1 fully saturated rings. The fourth-order valence-electron chi connectivity index (χ4n) is 1.53. The quantitative estimate of drug-likeness (QED) is 0.779. The second-order valence-electron chi connectivity index (χ2n) is 3.47. The Morgan fingerprint density at radius 1 is 1.56 bits per heavy atom. The standard InChI is InChI=1S/C10H10BrNO3S/c11-5-1-2-8(13)6(3-5)9-12-7(4-16-9)10(14)15/h1-3,7,9,12-13H,4H2,(H,14,15)/t7-,9+/m1/s1. The lowest BCUT2D eigenvalue weighted by atomic mass is 10.2. The minimum absolute atomic E-state index is 0.168. The Morgan fingerprint density at radius 3 is 2.94 bits per heavy atom. The maximum absolute atomic E-state index is 10.8. The van der Waals surface area contributed by atoms with Gasteiger partial charge in [0.2, 0.25) is 0 Å². The first-order chi connectivity index (χ1) is 7.58. The third kappa shape index (κ3) is 2.34. The van der Waals surface area contributed by atoms with Gasteiger partial charge in [-0.3, -0.25) is 10.1 Å². The highest BCUT2D eigenvalue weighted by atomic mass is 79.9. The fraction of sp³-hybridized carbons (Fsp3) is 0.300. The second-order valence-corrected chi connectivity index (χ2v) is 5.53. The minimum Gasteiger partial charge on any atom is -0.508 e. The van der Waals surface area contributed by atoms with Crippen molar-refractivity contribution in [2.45, 2.75) is 11.4 Å². The van der Waals surface area contributed by atoms with Gasteiger partial charge < -0.3 is 10.2 Å². The number of phenolic OH excluding ortho intramolecular Hbond substituents is 1. The highest BCUT2D eigenvalue weighted by Crippen LogP contribution is 2.38. The molecule has 1 aromatic carbocycles. The van der Waals surface area contributed by atoms with Gasteiger partial charge in [0.25, 0.3) is 0 Å². The molecule has 3 N–H and O–H groups in total. The molecule has 1 saturated heterocycles. The summed E-state index contributed by atoms with van der Waals surface area (Å²) in [5, 5.41) is 21.3. The van der Waals surface area contributed by atoms with Crippen molar-refractivity contribution < 1.29 is 15.0 Å². The highest BCUT2D eigenvalue weighted by molar-refractivity contribution is 9.10. The first-order valence-electron chi connectivity index (χ1n) is 4.67. The first-order valence-corrected chi connectivity index (χ1v) is 6.51. The van der Waals surface area contributed by atoms with Crippen molar-refractivity contribution in [2.75, 3.05) is 5.75 Å². The molecule has 1 aliphatic rings. The van der Waals surface area contributed by atoms with Crippen molar-refractivity contribution in [1.29, 1.82) is 0 Å². The van der Waals surface area contributed by atoms with E-state index in [1.54, 1.807) is 18.2 Å². The Kier molecular flexibility index (Phi) is 3.41. The number of hydrogen-bond donors (Lipinski definition) is 3. The minimum atomic E-state index is -0.857. The van der Waals surface area contributed by atoms with Gasteiger partial charge in [0.15, 0.2) is 0 Å². The molecule has 0 saturated carbocycles. The van der Waals surface area contributed by atoms with E-state index in [0.29, 0.717) is 11.3 Å². The van der Waals surface area contributed by atoms with Crippen LogP contribution in [-0.2, 0) is 4.79 Å². The maximum atomic E-state index is 10.8. The lowest BCUT2D eigenvalue weighted by Gasteiger charge is -2.13. The number of aromatic hydroxyl groups is 1. The van der Waals surface area contributed by atoms with Crippen LogP contribution in [0.25, 0.3) is 0 Å². The molecule has 1 aromatic rings. The van der Waals surface area contributed by atoms with Crippen LogP contribution in [-0.4, -0.2) is 28.0 Å². The van der Waals surface area contributed by atoms with Gasteiger partial charge in [0.05, 0.1) is 5.37 Å². The van der Waals surface area contributed by atoms with Crippen LogP contribution in [0.2, 0.25) is 0 Å². The molecule has 0 bridgehead atoms. The molecule has 0 aliphatic carbocycles. The van der Waals surface area contributed by atoms with E-state index in [1.165, 1.54) is 11.8 Å². The summed E-state index contributed by atoms with van der Waals surface area (Å²) in [6.45, 7) is 0. The molecule has 86 valence electrons. The van der Waals surface area contributed by atoms with E-state index in [1.807, 2.05) is 0 Å². The van der Waals surface area contributed by atoms with Crippen LogP contribution in [0.15, 0.2) is 22.7 Å². The molecule has 0 aromatic heterocycles. The van der Waals surface area contributed by atoms with Crippen molar-refractivity contribution in [1.82, 2.24) is 5.32 Å². The molecule has 4 nitrogen and oxygen atoms in total. The normalized spacial score (nSPS) is 24.6. The number of thioether (sulfide) groups is 1. The Morgan fingerprint density at radius 2 is 2.31 bits per heavy atom. The molecule has 6 heteroatoms. The van der Waals surface area contributed by atoms with Gasteiger partial charge >= 0.3 is 5.97 Å². The van der Waals surface area contributed by atoms with E-state index in [-0.39, 0.29) is 11.1 Å². The summed E-state index contributed by atoms with van der Waals surface area (Å²) in [4.78, 5) is 10.8. The number of carboxylic acid groups (broad SMARTS) is 1. The third-order valence-corrected chi connectivity index (χ3v) is 4.09. The monoisotopic (exact) mass is 303 g/mol. The molecule has 1 heterocycles. The zero-order valence-corrected chi connectivity index (χ0v) is 10.6. The predicted molar refractivity (Wildman–Crippen MR) is 65.6 cm³/mol. The zero-order valence-electron chi connectivity index (χ0n) is 8.18. The van der Waals surface area contributed by atoms with Crippen LogP contribution in [0.1, 0.15) is 10.9 Å².